The number of aliphatic hydroxyl groups excluding tert-OH is 1. The number of aliphatic hydroxyl groups is 1. The second-order valence-electron chi connectivity index (χ2n) is 4.11. The van der Waals surface area contributed by atoms with Crippen LogP contribution in [0.3, 0.4) is 0 Å². The molecule has 0 fully saturated rings. The molecule has 17 heavy (non-hydrogen) atoms. The molecule has 2 nitrogen and oxygen atoms in total. The number of hydrogen-bond acceptors (Lipinski definition) is 3. The average Bonchev–Trinajstić information content (AvgIpc) is 2.32. The minimum atomic E-state index is -0.869. The summed E-state index contributed by atoms with van der Waals surface area (Å²) < 4.78 is 25.7. The van der Waals surface area contributed by atoms with Gasteiger partial charge in [0.15, 0.2) is 11.6 Å². The van der Waals surface area contributed by atoms with Crippen molar-refractivity contribution in [3.8, 4) is 0 Å². The lowest BCUT2D eigenvalue weighted by molar-refractivity contribution is 0.250. The third kappa shape index (κ3) is 4.61. The monoisotopic (exact) mass is 261 g/mol. The molecule has 96 valence electrons. The summed E-state index contributed by atoms with van der Waals surface area (Å²) in [6, 6.07) is 3.40. The minimum absolute atomic E-state index is 0.146. The molecule has 0 aliphatic carbocycles. The fraction of sp³-hybridized carbons (Fsp3) is 0.500. The molecular weight excluding hydrogens is 244 g/mol. The van der Waals surface area contributed by atoms with E-state index in [1.165, 1.54) is 6.07 Å². The average molecular weight is 261 g/mol. The fourth-order valence-corrected chi connectivity index (χ4v) is 2.38. The van der Waals surface area contributed by atoms with Crippen molar-refractivity contribution in [1.82, 2.24) is 0 Å². The van der Waals surface area contributed by atoms with E-state index in [-0.39, 0.29) is 18.6 Å². The summed E-state index contributed by atoms with van der Waals surface area (Å²) >= 11 is 1.60. The summed E-state index contributed by atoms with van der Waals surface area (Å²) in [5.41, 5.74) is 6.46. The van der Waals surface area contributed by atoms with E-state index in [4.69, 9.17) is 10.8 Å². The van der Waals surface area contributed by atoms with Crippen LogP contribution in [0.5, 0.6) is 0 Å². The number of halogens is 2. The van der Waals surface area contributed by atoms with Gasteiger partial charge in [-0.1, -0.05) is 13.0 Å². The van der Waals surface area contributed by atoms with Crippen LogP contribution in [0.1, 0.15) is 18.5 Å². The van der Waals surface area contributed by atoms with Gasteiger partial charge in [-0.05, 0) is 29.4 Å². The van der Waals surface area contributed by atoms with E-state index in [1.807, 2.05) is 6.92 Å². The van der Waals surface area contributed by atoms with Crippen LogP contribution < -0.4 is 5.73 Å². The van der Waals surface area contributed by atoms with E-state index in [0.717, 1.165) is 17.9 Å². The van der Waals surface area contributed by atoms with Gasteiger partial charge in [-0.3, -0.25) is 0 Å². The molecule has 0 saturated heterocycles. The topological polar surface area (TPSA) is 46.2 Å². The quantitative estimate of drug-likeness (QED) is 0.826. The first kappa shape index (κ1) is 14.4. The number of benzene rings is 1. The molecule has 1 aromatic carbocycles. The minimum Gasteiger partial charge on any atom is -0.396 e. The van der Waals surface area contributed by atoms with Crippen LogP contribution in [0, 0.1) is 17.6 Å². The van der Waals surface area contributed by atoms with Crippen LogP contribution in [-0.4, -0.2) is 23.2 Å². The first-order chi connectivity index (χ1) is 8.04. The van der Waals surface area contributed by atoms with Crippen molar-refractivity contribution in [3.05, 3.63) is 35.4 Å². The van der Waals surface area contributed by atoms with E-state index in [1.54, 1.807) is 11.8 Å². The summed E-state index contributed by atoms with van der Waals surface area (Å²) in [5, 5.41) is 8.85. The number of rotatable bonds is 6. The van der Waals surface area contributed by atoms with Crippen LogP contribution in [0.2, 0.25) is 0 Å². The van der Waals surface area contributed by atoms with E-state index in [0.29, 0.717) is 11.3 Å². The Hall–Kier alpha value is -0.650. The SMILES string of the molecule is CC(CO)CSCC(N)c1ccc(F)c(F)c1. The van der Waals surface area contributed by atoms with E-state index < -0.39 is 11.6 Å². The second kappa shape index (κ2) is 6.93. The molecule has 1 rings (SSSR count). The molecule has 5 heteroatoms. The third-order valence-electron chi connectivity index (χ3n) is 2.38. The zero-order chi connectivity index (χ0) is 12.8. The van der Waals surface area contributed by atoms with Crippen molar-refractivity contribution in [3.63, 3.8) is 0 Å². The van der Waals surface area contributed by atoms with Gasteiger partial charge < -0.3 is 10.8 Å². The normalized spacial score (nSPS) is 14.6. The molecule has 0 heterocycles. The van der Waals surface area contributed by atoms with Gasteiger partial charge in [0.25, 0.3) is 0 Å². The summed E-state index contributed by atoms with van der Waals surface area (Å²) in [4.78, 5) is 0. The lowest BCUT2D eigenvalue weighted by atomic mass is 10.1. The van der Waals surface area contributed by atoms with Crippen LogP contribution in [0.25, 0.3) is 0 Å². The Morgan fingerprint density at radius 1 is 1.29 bits per heavy atom. The van der Waals surface area contributed by atoms with Crippen molar-refractivity contribution < 1.29 is 13.9 Å². The standard InChI is InChI=1S/C12H17F2NOS/c1-8(5-16)6-17-7-12(15)9-2-3-10(13)11(14)4-9/h2-4,8,12,16H,5-7,15H2,1H3. The zero-order valence-electron chi connectivity index (χ0n) is 9.70. The maximum absolute atomic E-state index is 13.0. The maximum atomic E-state index is 13.0. The maximum Gasteiger partial charge on any atom is 0.159 e. The highest BCUT2D eigenvalue weighted by Crippen LogP contribution is 2.19. The van der Waals surface area contributed by atoms with Gasteiger partial charge in [0.1, 0.15) is 0 Å². The smallest absolute Gasteiger partial charge is 0.159 e. The molecule has 0 aliphatic rings. The van der Waals surface area contributed by atoms with Crippen molar-refractivity contribution >= 4 is 11.8 Å². The summed E-state index contributed by atoms with van der Waals surface area (Å²) in [6.07, 6.45) is 0. The fourth-order valence-electron chi connectivity index (χ4n) is 1.29. The first-order valence-corrected chi connectivity index (χ1v) is 6.59. The third-order valence-corrected chi connectivity index (χ3v) is 3.78. The Balaban J connectivity index is 2.46. The highest BCUT2D eigenvalue weighted by molar-refractivity contribution is 7.99. The number of hydrogen-bond donors (Lipinski definition) is 2. The second-order valence-corrected chi connectivity index (χ2v) is 5.18. The molecular formula is C12H17F2NOS. The van der Waals surface area contributed by atoms with Gasteiger partial charge in [0.05, 0.1) is 0 Å². The lowest BCUT2D eigenvalue weighted by Gasteiger charge is -2.13. The molecule has 2 atom stereocenters. The molecule has 3 N–H and O–H groups in total. The first-order valence-electron chi connectivity index (χ1n) is 5.43. The van der Waals surface area contributed by atoms with Gasteiger partial charge in [-0.2, -0.15) is 11.8 Å². The molecule has 0 bridgehead atoms. The number of nitrogens with two attached hydrogens (primary N) is 1. The van der Waals surface area contributed by atoms with Gasteiger partial charge in [0, 0.05) is 18.4 Å². The van der Waals surface area contributed by atoms with Gasteiger partial charge in [-0.25, -0.2) is 8.78 Å². The van der Waals surface area contributed by atoms with Crippen LogP contribution in [-0.2, 0) is 0 Å². The van der Waals surface area contributed by atoms with E-state index in [2.05, 4.69) is 0 Å². The largest absolute Gasteiger partial charge is 0.396 e. The predicted octanol–water partition coefficient (Wildman–Crippen LogP) is 2.33. The lowest BCUT2D eigenvalue weighted by Crippen LogP contribution is -2.15. The Morgan fingerprint density at radius 3 is 2.59 bits per heavy atom. The van der Waals surface area contributed by atoms with Crippen molar-refractivity contribution in [2.45, 2.75) is 13.0 Å². The molecule has 0 aromatic heterocycles. The molecule has 0 saturated carbocycles. The van der Waals surface area contributed by atoms with Gasteiger partial charge >= 0.3 is 0 Å². The molecule has 0 amide bonds. The van der Waals surface area contributed by atoms with Gasteiger partial charge in [-0.15, -0.1) is 0 Å². The molecule has 0 radical (unpaired) electrons. The molecule has 1 aromatic rings. The van der Waals surface area contributed by atoms with Crippen molar-refractivity contribution in [2.75, 3.05) is 18.1 Å². The molecule has 0 spiro atoms. The van der Waals surface area contributed by atoms with E-state index >= 15 is 0 Å². The van der Waals surface area contributed by atoms with Crippen molar-refractivity contribution in [2.24, 2.45) is 11.7 Å². The predicted molar refractivity (Wildman–Crippen MR) is 66.9 cm³/mol. The molecule has 0 aliphatic heterocycles. The zero-order valence-corrected chi connectivity index (χ0v) is 10.5. The van der Waals surface area contributed by atoms with Gasteiger partial charge in [0.2, 0.25) is 0 Å². The van der Waals surface area contributed by atoms with Crippen molar-refractivity contribution in [1.29, 1.82) is 0 Å². The Kier molecular flexibility index (Phi) is 5.88. The Bertz CT molecular complexity index is 362. The summed E-state index contributed by atoms with van der Waals surface area (Å²) in [5.74, 6) is -0.0881. The van der Waals surface area contributed by atoms with Crippen LogP contribution in [0.4, 0.5) is 8.78 Å². The Labute approximate surface area is 104 Å². The highest BCUT2D eigenvalue weighted by Gasteiger charge is 2.10. The summed E-state index contributed by atoms with van der Waals surface area (Å²) in [7, 11) is 0. The molecule has 2 unspecified atom stereocenters. The number of thioether (sulfide) groups is 1. The van der Waals surface area contributed by atoms with Crippen LogP contribution in [0.15, 0.2) is 18.2 Å². The summed E-state index contributed by atoms with van der Waals surface area (Å²) in [6.45, 7) is 2.09. The van der Waals surface area contributed by atoms with Crippen LogP contribution >= 0.6 is 11.8 Å². The Morgan fingerprint density at radius 2 is 2.00 bits per heavy atom. The highest BCUT2D eigenvalue weighted by atomic mass is 32.2. The van der Waals surface area contributed by atoms with E-state index in [9.17, 15) is 8.78 Å².